The number of rotatable bonds is 5. The zero-order chi connectivity index (χ0) is 11.5. The van der Waals surface area contributed by atoms with Crippen molar-refractivity contribution in [1.29, 1.82) is 0 Å². The molecule has 6 nitrogen and oxygen atoms in total. The van der Waals surface area contributed by atoms with Gasteiger partial charge in [0.1, 0.15) is 0 Å². The standard InChI is InChI=1S/C10H16N4O2/c1-2-16-10(15)9-8(5-11)14(13-12-9)6-7-3-4-7/h7H,2-6,11H2,1H3. The lowest BCUT2D eigenvalue weighted by Crippen LogP contribution is -2.14. The van der Waals surface area contributed by atoms with Crippen molar-refractivity contribution in [3.05, 3.63) is 11.4 Å². The highest BCUT2D eigenvalue weighted by atomic mass is 16.5. The highest BCUT2D eigenvalue weighted by molar-refractivity contribution is 5.88. The monoisotopic (exact) mass is 224 g/mol. The van der Waals surface area contributed by atoms with Crippen molar-refractivity contribution in [1.82, 2.24) is 15.0 Å². The molecule has 0 unspecified atom stereocenters. The van der Waals surface area contributed by atoms with Crippen LogP contribution < -0.4 is 5.73 Å². The quantitative estimate of drug-likeness (QED) is 0.728. The summed E-state index contributed by atoms with van der Waals surface area (Å²) in [4.78, 5) is 11.5. The minimum absolute atomic E-state index is 0.255. The fraction of sp³-hybridized carbons (Fsp3) is 0.700. The third kappa shape index (κ3) is 2.21. The molecule has 0 spiro atoms. The zero-order valence-electron chi connectivity index (χ0n) is 9.35. The van der Waals surface area contributed by atoms with Crippen LogP contribution in [0.2, 0.25) is 0 Å². The first-order valence-corrected chi connectivity index (χ1v) is 5.55. The summed E-state index contributed by atoms with van der Waals surface area (Å²) < 4.78 is 6.62. The second-order valence-corrected chi connectivity index (χ2v) is 3.93. The Hall–Kier alpha value is -1.43. The summed E-state index contributed by atoms with van der Waals surface area (Å²) in [5, 5.41) is 7.80. The summed E-state index contributed by atoms with van der Waals surface area (Å²) in [6.07, 6.45) is 2.44. The Bertz CT molecular complexity index is 384. The van der Waals surface area contributed by atoms with Crippen LogP contribution in [0.5, 0.6) is 0 Å². The van der Waals surface area contributed by atoms with Gasteiger partial charge in [-0.2, -0.15) is 0 Å². The van der Waals surface area contributed by atoms with Crippen molar-refractivity contribution in [2.75, 3.05) is 6.61 Å². The van der Waals surface area contributed by atoms with E-state index in [9.17, 15) is 4.79 Å². The molecule has 1 aliphatic carbocycles. The number of nitrogens with two attached hydrogens (primary N) is 1. The van der Waals surface area contributed by atoms with Crippen LogP contribution in [0.25, 0.3) is 0 Å². The molecule has 0 amide bonds. The number of carbonyl (C=O) groups is 1. The molecule has 0 aliphatic heterocycles. The molecule has 6 heteroatoms. The molecule has 0 bridgehead atoms. The van der Waals surface area contributed by atoms with E-state index in [0.717, 1.165) is 6.54 Å². The molecule has 1 fully saturated rings. The maximum absolute atomic E-state index is 11.5. The normalized spacial score (nSPS) is 15.1. The number of hydrogen-bond donors (Lipinski definition) is 1. The molecule has 0 atom stereocenters. The van der Waals surface area contributed by atoms with Crippen LogP contribution in [0.1, 0.15) is 35.9 Å². The molecular formula is C10H16N4O2. The minimum atomic E-state index is -0.440. The summed E-state index contributed by atoms with van der Waals surface area (Å²) in [5.41, 5.74) is 6.54. The molecular weight excluding hydrogens is 208 g/mol. The maximum atomic E-state index is 11.5. The van der Waals surface area contributed by atoms with E-state index in [1.807, 2.05) is 0 Å². The van der Waals surface area contributed by atoms with Gasteiger partial charge in [-0.25, -0.2) is 9.48 Å². The average molecular weight is 224 g/mol. The maximum Gasteiger partial charge on any atom is 0.360 e. The van der Waals surface area contributed by atoms with Crippen LogP contribution in [-0.4, -0.2) is 27.6 Å². The lowest BCUT2D eigenvalue weighted by molar-refractivity contribution is 0.0518. The van der Waals surface area contributed by atoms with Gasteiger partial charge in [0.05, 0.1) is 12.3 Å². The summed E-state index contributed by atoms with van der Waals surface area (Å²) in [5.74, 6) is 0.229. The number of carbonyl (C=O) groups excluding carboxylic acids is 1. The van der Waals surface area contributed by atoms with Crippen LogP contribution in [0.3, 0.4) is 0 Å². The molecule has 1 aromatic heterocycles. The second kappa shape index (κ2) is 4.61. The van der Waals surface area contributed by atoms with E-state index in [-0.39, 0.29) is 12.2 Å². The molecule has 2 N–H and O–H groups in total. The molecule has 0 saturated heterocycles. The van der Waals surface area contributed by atoms with Crippen LogP contribution in [0.15, 0.2) is 0 Å². The first kappa shape index (κ1) is 11.1. The molecule has 1 aromatic rings. The molecule has 1 saturated carbocycles. The lowest BCUT2D eigenvalue weighted by atomic mass is 10.3. The van der Waals surface area contributed by atoms with Crippen molar-refractivity contribution in [2.45, 2.75) is 32.9 Å². The third-order valence-corrected chi connectivity index (χ3v) is 2.63. The van der Waals surface area contributed by atoms with Gasteiger partial charge in [-0.05, 0) is 25.7 Å². The number of nitrogens with zero attached hydrogens (tertiary/aromatic N) is 3. The number of aromatic nitrogens is 3. The fourth-order valence-electron chi connectivity index (χ4n) is 1.58. The molecule has 0 radical (unpaired) electrons. The molecule has 1 aliphatic rings. The van der Waals surface area contributed by atoms with E-state index in [1.165, 1.54) is 12.8 Å². The SMILES string of the molecule is CCOC(=O)c1nnn(CC2CC2)c1CN. The van der Waals surface area contributed by atoms with Crippen molar-refractivity contribution < 1.29 is 9.53 Å². The van der Waals surface area contributed by atoms with Crippen molar-refractivity contribution >= 4 is 5.97 Å². The zero-order valence-corrected chi connectivity index (χ0v) is 9.35. The van der Waals surface area contributed by atoms with E-state index in [2.05, 4.69) is 10.3 Å². The highest BCUT2D eigenvalue weighted by Gasteiger charge is 2.26. The molecule has 16 heavy (non-hydrogen) atoms. The number of hydrogen-bond acceptors (Lipinski definition) is 5. The van der Waals surface area contributed by atoms with Gasteiger partial charge in [0, 0.05) is 13.1 Å². The van der Waals surface area contributed by atoms with Crippen LogP contribution in [0, 0.1) is 5.92 Å². The summed E-state index contributed by atoms with van der Waals surface area (Å²) in [7, 11) is 0. The van der Waals surface area contributed by atoms with Gasteiger partial charge in [0.25, 0.3) is 0 Å². The van der Waals surface area contributed by atoms with Gasteiger partial charge in [0.15, 0.2) is 5.69 Å². The second-order valence-electron chi connectivity index (χ2n) is 3.93. The summed E-state index contributed by atoms with van der Waals surface area (Å²) in [6, 6.07) is 0. The van der Waals surface area contributed by atoms with Crippen molar-refractivity contribution in [3.63, 3.8) is 0 Å². The number of ether oxygens (including phenoxy) is 1. The molecule has 2 rings (SSSR count). The van der Waals surface area contributed by atoms with Crippen molar-refractivity contribution in [2.24, 2.45) is 11.7 Å². The van der Waals surface area contributed by atoms with Gasteiger partial charge in [-0.3, -0.25) is 0 Å². The third-order valence-electron chi connectivity index (χ3n) is 2.63. The topological polar surface area (TPSA) is 83.0 Å². The van der Waals surface area contributed by atoms with Gasteiger partial charge in [-0.1, -0.05) is 5.21 Å². The van der Waals surface area contributed by atoms with Gasteiger partial charge < -0.3 is 10.5 Å². The number of esters is 1. The van der Waals surface area contributed by atoms with Crippen LogP contribution in [0.4, 0.5) is 0 Å². The van der Waals surface area contributed by atoms with E-state index < -0.39 is 5.97 Å². The highest BCUT2D eigenvalue weighted by Crippen LogP contribution is 2.30. The smallest absolute Gasteiger partial charge is 0.360 e. The van der Waals surface area contributed by atoms with E-state index in [4.69, 9.17) is 10.5 Å². The lowest BCUT2D eigenvalue weighted by Gasteiger charge is -2.04. The largest absolute Gasteiger partial charge is 0.461 e. The first-order valence-electron chi connectivity index (χ1n) is 5.55. The van der Waals surface area contributed by atoms with E-state index in [1.54, 1.807) is 11.6 Å². The van der Waals surface area contributed by atoms with Gasteiger partial charge in [0.2, 0.25) is 0 Å². The Morgan fingerprint density at radius 1 is 1.62 bits per heavy atom. The molecule has 0 aromatic carbocycles. The van der Waals surface area contributed by atoms with E-state index >= 15 is 0 Å². The Morgan fingerprint density at radius 3 is 2.94 bits per heavy atom. The Morgan fingerprint density at radius 2 is 2.38 bits per heavy atom. The average Bonchev–Trinajstić information content (AvgIpc) is 2.97. The van der Waals surface area contributed by atoms with Gasteiger partial charge in [-0.15, -0.1) is 5.10 Å². The van der Waals surface area contributed by atoms with Gasteiger partial charge >= 0.3 is 5.97 Å². The predicted molar refractivity (Wildman–Crippen MR) is 56.6 cm³/mol. The van der Waals surface area contributed by atoms with Crippen LogP contribution >= 0.6 is 0 Å². The minimum Gasteiger partial charge on any atom is -0.461 e. The Labute approximate surface area is 93.8 Å². The van der Waals surface area contributed by atoms with Crippen molar-refractivity contribution in [3.8, 4) is 0 Å². The summed E-state index contributed by atoms with van der Waals surface area (Å²) in [6.45, 7) is 3.15. The summed E-state index contributed by atoms with van der Waals surface area (Å²) >= 11 is 0. The molecule has 88 valence electrons. The van der Waals surface area contributed by atoms with Crippen LogP contribution in [-0.2, 0) is 17.8 Å². The fourth-order valence-corrected chi connectivity index (χ4v) is 1.58. The first-order chi connectivity index (χ1) is 7.76. The Kier molecular flexibility index (Phi) is 3.19. The van der Waals surface area contributed by atoms with E-state index in [0.29, 0.717) is 18.2 Å². The molecule has 1 heterocycles. The Balaban J connectivity index is 2.17. The predicted octanol–water partition coefficient (Wildman–Crippen LogP) is 0.324.